The van der Waals surface area contributed by atoms with Crippen LogP contribution in [0.15, 0.2) is 15.7 Å². The zero-order valence-electron chi connectivity index (χ0n) is 7.68. The maximum atomic E-state index is 12.6. The summed E-state index contributed by atoms with van der Waals surface area (Å²) in [6.07, 6.45) is -2.28. The third kappa shape index (κ3) is 3.14. The van der Waals surface area contributed by atoms with E-state index in [0.717, 1.165) is 11.3 Å². The first-order chi connectivity index (χ1) is 7.34. The molecule has 0 unspecified atom stereocenters. The number of alkyl halides is 1. The topological polar surface area (TPSA) is 83.5 Å². The highest BCUT2D eigenvalue weighted by Gasteiger charge is 2.23. The SMILES string of the molecule is O=C(O)[C@H](F)CNS(=O)(=O)c1sccc1Cl. The molecule has 1 heterocycles. The third-order valence-corrected chi connectivity index (χ3v) is 5.00. The van der Waals surface area contributed by atoms with Crippen LogP contribution < -0.4 is 4.72 Å². The Hall–Kier alpha value is -0.700. The molecule has 16 heavy (non-hydrogen) atoms. The summed E-state index contributed by atoms with van der Waals surface area (Å²) in [5.41, 5.74) is 0. The van der Waals surface area contributed by atoms with E-state index >= 15 is 0 Å². The number of rotatable bonds is 5. The smallest absolute Gasteiger partial charge is 0.339 e. The maximum absolute atomic E-state index is 12.6. The molecule has 0 aliphatic rings. The van der Waals surface area contributed by atoms with Gasteiger partial charge in [-0.1, -0.05) is 11.6 Å². The van der Waals surface area contributed by atoms with E-state index in [2.05, 4.69) is 0 Å². The number of carboxylic acid groups (broad SMARTS) is 1. The van der Waals surface area contributed by atoms with Crippen molar-refractivity contribution in [2.45, 2.75) is 10.4 Å². The molecule has 0 aliphatic heterocycles. The van der Waals surface area contributed by atoms with Crippen molar-refractivity contribution >= 4 is 38.9 Å². The highest BCUT2D eigenvalue weighted by atomic mass is 35.5. The van der Waals surface area contributed by atoms with Crippen LogP contribution in [0.2, 0.25) is 5.02 Å². The van der Waals surface area contributed by atoms with Gasteiger partial charge in [-0.25, -0.2) is 22.3 Å². The molecule has 0 saturated carbocycles. The number of carbonyl (C=O) groups is 1. The monoisotopic (exact) mass is 287 g/mol. The Balaban J connectivity index is 2.75. The molecule has 1 atom stereocenters. The number of halogens is 2. The summed E-state index contributed by atoms with van der Waals surface area (Å²) in [6, 6.07) is 1.38. The van der Waals surface area contributed by atoms with E-state index < -0.39 is 28.7 Å². The summed E-state index contributed by atoms with van der Waals surface area (Å²) in [7, 11) is -3.94. The van der Waals surface area contributed by atoms with Crippen LogP contribution in [0.3, 0.4) is 0 Å². The van der Waals surface area contributed by atoms with Crippen molar-refractivity contribution in [2.24, 2.45) is 0 Å². The fourth-order valence-electron chi connectivity index (χ4n) is 0.807. The lowest BCUT2D eigenvalue weighted by atomic mass is 10.4. The number of nitrogens with one attached hydrogen (secondary N) is 1. The van der Waals surface area contributed by atoms with E-state index in [4.69, 9.17) is 16.7 Å². The molecular formula is C7H7ClFNO4S2. The quantitative estimate of drug-likeness (QED) is 0.849. The summed E-state index contributed by atoms with van der Waals surface area (Å²) in [6.45, 7) is -0.827. The van der Waals surface area contributed by atoms with Gasteiger partial charge in [0.25, 0.3) is 10.0 Å². The zero-order valence-corrected chi connectivity index (χ0v) is 10.1. The lowest BCUT2D eigenvalue weighted by Crippen LogP contribution is -2.33. The second kappa shape index (κ2) is 5.09. The number of carboxylic acids is 1. The minimum Gasteiger partial charge on any atom is -0.479 e. The van der Waals surface area contributed by atoms with Gasteiger partial charge in [-0.2, -0.15) is 0 Å². The van der Waals surface area contributed by atoms with Crippen molar-refractivity contribution in [3.05, 3.63) is 16.5 Å². The molecule has 1 rings (SSSR count). The van der Waals surface area contributed by atoms with Gasteiger partial charge in [0.15, 0.2) is 4.21 Å². The van der Waals surface area contributed by atoms with Crippen molar-refractivity contribution in [3.8, 4) is 0 Å². The lowest BCUT2D eigenvalue weighted by molar-refractivity contribution is -0.142. The second-order valence-corrected chi connectivity index (χ2v) is 6.00. The number of aliphatic carboxylic acids is 1. The average Bonchev–Trinajstić information content (AvgIpc) is 2.61. The molecule has 0 radical (unpaired) electrons. The van der Waals surface area contributed by atoms with Gasteiger partial charge in [-0.15, -0.1) is 11.3 Å². The van der Waals surface area contributed by atoms with E-state index in [1.165, 1.54) is 11.4 Å². The molecule has 9 heteroatoms. The fourth-order valence-corrected chi connectivity index (χ4v) is 3.56. The Morgan fingerprint density at radius 3 is 2.75 bits per heavy atom. The van der Waals surface area contributed by atoms with Gasteiger partial charge in [0, 0.05) is 0 Å². The van der Waals surface area contributed by atoms with Gasteiger partial charge in [0.1, 0.15) is 0 Å². The number of hydrogen-bond donors (Lipinski definition) is 2. The minimum atomic E-state index is -3.94. The summed E-state index contributed by atoms with van der Waals surface area (Å²) in [4.78, 5) is 10.1. The Kier molecular flexibility index (Phi) is 4.25. The van der Waals surface area contributed by atoms with Crippen LogP contribution >= 0.6 is 22.9 Å². The van der Waals surface area contributed by atoms with Gasteiger partial charge in [0.05, 0.1) is 11.6 Å². The first kappa shape index (κ1) is 13.4. The highest BCUT2D eigenvalue weighted by Crippen LogP contribution is 2.26. The Morgan fingerprint density at radius 1 is 1.69 bits per heavy atom. The molecule has 0 aliphatic carbocycles. The zero-order chi connectivity index (χ0) is 12.3. The Labute approximate surface area is 99.9 Å². The van der Waals surface area contributed by atoms with Gasteiger partial charge >= 0.3 is 5.97 Å². The summed E-state index contributed by atoms with van der Waals surface area (Å²) >= 11 is 6.45. The average molecular weight is 288 g/mol. The van der Waals surface area contributed by atoms with E-state index in [1.54, 1.807) is 0 Å². The van der Waals surface area contributed by atoms with E-state index in [0.29, 0.717) is 0 Å². The molecule has 0 spiro atoms. The molecule has 1 aromatic heterocycles. The molecule has 0 saturated heterocycles. The van der Waals surface area contributed by atoms with Crippen LogP contribution in [0, 0.1) is 0 Å². The van der Waals surface area contributed by atoms with Crippen LogP contribution in [0.4, 0.5) is 4.39 Å². The second-order valence-electron chi connectivity index (χ2n) is 2.71. The predicted molar refractivity (Wildman–Crippen MR) is 57.0 cm³/mol. The predicted octanol–water partition coefficient (Wildman–Crippen LogP) is 1.10. The third-order valence-electron chi connectivity index (χ3n) is 1.55. The van der Waals surface area contributed by atoms with Gasteiger partial charge in [-0.3, -0.25) is 0 Å². The van der Waals surface area contributed by atoms with Crippen molar-refractivity contribution < 1.29 is 22.7 Å². The summed E-state index contributed by atoms with van der Waals surface area (Å²) in [5, 5.41) is 9.71. The lowest BCUT2D eigenvalue weighted by Gasteiger charge is -2.06. The van der Waals surface area contributed by atoms with E-state index in [-0.39, 0.29) is 9.23 Å². The molecule has 5 nitrogen and oxygen atoms in total. The molecule has 90 valence electrons. The summed E-state index contributed by atoms with van der Waals surface area (Å²) < 4.78 is 37.3. The maximum Gasteiger partial charge on any atom is 0.339 e. The Bertz CT molecular complexity index is 486. The van der Waals surface area contributed by atoms with Crippen molar-refractivity contribution in [1.29, 1.82) is 0 Å². The molecule has 0 aromatic carbocycles. The van der Waals surface area contributed by atoms with Gasteiger partial charge in [-0.05, 0) is 11.4 Å². The van der Waals surface area contributed by atoms with Crippen LogP contribution in [0.1, 0.15) is 0 Å². The van der Waals surface area contributed by atoms with Crippen LogP contribution in [0.25, 0.3) is 0 Å². The highest BCUT2D eigenvalue weighted by molar-refractivity contribution is 7.91. The largest absolute Gasteiger partial charge is 0.479 e. The standard InChI is InChI=1S/C7H7ClFNO4S2/c8-4-1-2-15-7(4)16(13,14)10-3-5(9)6(11)12/h1-2,5,10H,3H2,(H,11,12)/t5-/m1/s1. The number of hydrogen-bond acceptors (Lipinski definition) is 4. The van der Waals surface area contributed by atoms with Crippen LogP contribution in [-0.4, -0.2) is 32.2 Å². The first-order valence-electron chi connectivity index (χ1n) is 3.94. The molecule has 2 N–H and O–H groups in total. The first-order valence-corrected chi connectivity index (χ1v) is 6.68. The molecule has 0 fully saturated rings. The summed E-state index contributed by atoms with van der Waals surface area (Å²) in [5.74, 6) is -1.72. The van der Waals surface area contributed by atoms with Crippen molar-refractivity contribution in [3.63, 3.8) is 0 Å². The fraction of sp³-hybridized carbons (Fsp3) is 0.286. The molecule has 0 bridgehead atoms. The van der Waals surface area contributed by atoms with Gasteiger partial charge in [0.2, 0.25) is 6.17 Å². The number of sulfonamides is 1. The number of thiophene rings is 1. The normalized spacial score (nSPS) is 13.6. The van der Waals surface area contributed by atoms with Crippen LogP contribution in [0.5, 0.6) is 0 Å². The van der Waals surface area contributed by atoms with Crippen molar-refractivity contribution in [2.75, 3.05) is 6.54 Å². The van der Waals surface area contributed by atoms with Gasteiger partial charge < -0.3 is 5.11 Å². The molecule has 0 amide bonds. The minimum absolute atomic E-state index is 0.0169. The van der Waals surface area contributed by atoms with E-state index in [9.17, 15) is 17.6 Å². The van der Waals surface area contributed by atoms with Crippen molar-refractivity contribution in [1.82, 2.24) is 4.72 Å². The van der Waals surface area contributed by atoms with E-state index in [1.807, 2.05) is 4.72 Å². The van der Waals surface area contributed by atoms with Crippen LogP contribution in [-0.2, 0) is 14.8 Å². The molecule has 1 aromatic rings. The Morgan fingerprint density at radius 2 is 2.31 bits per heavy atom. The molecular weight excluding hydrogens is 281 g/mol.